The van der Waals surface area contributed by atoms with Crippen LogP contribution in [0.15, 0.2) is 29.4 Å². The summed E-state index contributed by atoms with van der Waals surface area (Å²) in [6.07, 6.45) is 7.92. The van der Waals surface area contributed by atoms with Gasteiger partial charge in [-0.15, -0.1) is 10.2 Å². The Bertz CT molecular complexity index is 603. The second-order valence-electron chi connectivity index (χ2n) is 6.08. The van der Waals surface area contributed by atoms with Gasteiger partial charge in [0.2, 0.25) is 0 Å². The summed E-state index contributed by atoms with van der Waals surface area (Å²) in [4.78, 5) is 0. The van der Waals surface area contributed by atoms with Gasteiger partial charge in [0.1, 0.15) is 5.82 Å². The van der Waals surface area contributed by atoms with Gasteiger partial charge in [-0.3, -0.25) is 0 Å². The van der Waals surface area contributed by atoms with E-state index in [2.05, 4.69) is 33.9 Å². The highest BCUT2D eigenvalue weighted by Gasteiger charge is 2.18. The molecule has 0 aliphatic heterocycles. The number of hydrogen-bond acceptors (Lipinski definition) is 3. The van der Waals surface area contributed by atoms with Crippen LogP contribution in [0.5, 0.6) is 0 Å². The average Bonchev–Trinajstić information content (AvgIpc) is 2.88. The monoisotopic (exact) mass is 335 g/mol. The van der Waals surface area contributed by atoms with Crippen LogP contribution in [0.3, 0.4) is 0 Å². The zero-order valence-electron chi connectivity index (χ0n) is 13.0. The van der Waals surface area contributed by atoms with Crippen molar-refractivity contribution < 1.29 is 0 Å². The predicted molar refractivity (Wildman–Crippen MR) is 92.3 cm³/mol. The van der Waals surface area contributed by atoms with Gasteiger partial charge in [0, 0.05) is 24.2 Å². The van der Waals surface area contributed by atoms with E-state index < -0.39 is 0 Å². The SMILES string of the molecule is Cn1c(CC2CCCCC2)nnc1SCc1ccc(Cl)cc1. The molecule has 3 rings (SSSR count). The first-order valence-electron chi connectivity index (χ1n) is 7.98. The van der Waals surface area contributed by atoms with Crippen LogP contribution in [-0.4, -0.2) is 14.8 Å². The van der Waals surface area contributed by atoms with Crippen molar-refractivity contribution in [2.45, 2.75) is 49.4 Å². The number of nitrogens with zero attached hydrogens (tertiary/aromatic N) is 3. The first kappa shape index (κ1) is 15.9. The molecule has 22 heavy (non-hydrogen) atoms. The highest BCUT2D eigenvalue weighted by Crippen LogP contribution is 2.28. The molecule has 0 saturated heterocycles. The molecule has 0 bridgehead atoms. The van der Waals surface area contributed by atoms with Crippen molar-refractivity contribution in [2.24, 2.45) is 13.0 Å². The molecule has 3 nitrogen and oxygen atoms in total. The van der Waals surface area contributed by atoms with E-state index in [0.717, 1.165) is 34.1 Å². The minimum atomic E-state index is 0.780. The van der Waals surface area contributed by atoms with Crippen LogP contribution < -0.4 is 0 Å². The molecule has 0 amide bonds. The van der Waals surface area contributed by atoms with Crippen molar-refractivity contribution in [3.8, 4) is 0 Å². The van der Waals surface area contributed by atoms with Crippen molar-refractivity contribution in [1.82, 2.24) is 14.8 Å². The lowest BCUT2D eigenvalue weighted by Gasteiger charge is -2.20. The van der Waals surface area contributed by atoms with Crippen molar-refractivity contribution in [3.63, 3.8) is 0 Å². The summed E-state index contributed by atoms with van der Waals surface area (Å²) in [7, 11) is 2.09. The lowest BCUT2D eigenvalue weighted by atomic mass is 9.87. The highest BCUT2D eigenvalue weighted by atomic mass is 35.5. The first-order valence-corrected chi connectivity index (χ1v) is 9.34. The van der Waals surface area contributed by atoms with Crippen molar-refractivity contribution in [3.05, 3.63) is 40.7 Å². The van der Waals surface area contributed by atoms with Crippen LogP contribution in [0.25, 0.3) is 0 Å². The van der Waals surface area contributed by atoms with Crippen molar-refractivity contribution in [2.75, 3.05) is 0 Å². The molecule has 1 heterocycles. The second kappa shape index (κ2) is 7.51. The Balaban J connectivity index is 1.59. The summed E-state index contributed by atoms with van der Waals surface area (Å²) in [5.41, 5.74) is 1.26. The molecular weight excluding hydrogens is 314 g/mol. The number of hydrogen-bond donors (Lipinski definition) is 0. The lowest BCUT2D eigenvalue weighted by molar-refractivity contribution is 0.348. The molecule has 0 radical (unpaired) electrons. The molecule has 1 aliphatic carbocycles. The minimum Gasteiger partial charge on any atom is -0.309 e. The van der Waals surface area contributed by atoms with E-state index in [4.69, 9.17) is 11.6 Å². The topological polar surface area (TPSA) is 30.7 Å². The fraction of sp³-hybridized carbons (Fsp3) is 0.529. The van der Waals surface area contributed by atoms with Gasteiger partial charge in [0.15, 0.2) is 5.16 Å². The third-order valence-corrected chi connectivity index (χ3v) is 5.75. The van der Waals surface area contributed by atoms with Crippen LogP contribution in [0.2, 0.25) is 5.02 Å². The fourth-order valence-electron chi connectivity index (χ4n) is 3.03. The summed E-state index contributed by atoms with van der Waals surface area (Å²) in [6.45, 7) is 0. The third kappa shape index (κ3) is 4.05. The van der Waals surface area contributed by atoms with Crippen LogP contribution in [-0.2, 0) is 19.2 Å². The maximum Gasteiger partial charge on any atom is 0.191 e. The largest absolute Gasteiger partial charge is 0.309 e. The van der Waals surface area contributed by atoms with E-state index >= 15 is 0 Å². The van der Waals surface area contributed by atoms with Gasteiger partial charge >= 0.3 is 0 Å². The molecule has 1 aliphatic rings. The Morgan fingerprint density at radius 3 is 2.59 bits per heavy atom. The maximum atomic E-state index is 5.92. The summed E-state index contributed by atoms with van der Waals surface area (Å²) >= 11 is 7.65. The Morgan fingerprint density at radius 1 is 1.14 bits per heavy atom. The van der Waals surface area contributed by atoms with Crippen LogP contribution in [0, 0.1) is 5.92 Å². The van der Waals surface area contributed by atoms with Gasteiger partial charge in [-0.1, -0.05) is 67.6 Å². The van der Waals surface area contributed by atoms with E-state index in [1.54, 1.807) is 11.8 Å². The number of halogens is 1. The zero-order chi connectivity index (χ0) is 15.4. The van der Waals surface area contributed by atoms with Crippen molar-refractivity contribution >= 4 is 23.4 Å². The Labute approximate surface area is 141 Å². The van der Waals surface area contributed by atoms with Gasteiger partial charge in [-0.2, -0.15) is 0 Å². The Morgan fingerprint density at radius 2 is 1.86 bits per heavy atom. The molecule has 0 spiro atoms. The molecule has 1 fully saturated rings. The number of aromatic nitrogens is 3. The van der Waals surface area contributed by atoms with E-state index in [1.807, 2.05) is 12.1 Å². The second-order valence-corrected chi connectivity index (χ2v) is 7.46. The summed E-state index contributed by atoms with van der Waals surface area (Å²) in [5.74, 6) is 2.82. The van der Waals surface area contributed by atoms with E-state index in [1.165, 1.54) is 37.7 Å². The summed E-state index contributed by atoms with van der Waals surface area (Å²) in [5, 5.41) is 10.6. The number of thioether (sulfide) groups is 1. The van der Waals surface area contributed by atoms with Gasteiger partial charge in [0.25, 0.3) is 0 Å². The van der Waals surface area contributed by atoms with Crippen LogP contribution >= 0.6 is 23.4 Å². The third-order valence-electron chi connectivity index (χ3n) is 4.40. The molecule has 0 N–H and O–H groups in total. The average molecular weight is 336 g/mol. The van der Waals surface area contributed by atoms with Gasteiger partial charge in [0.05, 0.1) is 0 Å². The quantitative estimate of drug-likeness (QED) is 0.729. The smallest absolute Gasteiger partial charge is 0.191 e. The molecule has 1 aromatic carbocycles. The maximum absolute atomic E-state index is 5.92. The van der Waals surface area contributed by atoms with E-state index in [9.17, 15) is 0 Å². The van der Waals surface area contributed by atoms with E-state index in [-0.39, 0.29) is 0 Å². The lowest BCUT2D eigenvalue weighted by Crippen LogP contribution is -2.12. The summed E-state index contributed by atoms with van der Waals surface area (Å²) in [6, 6.07) is 7.99. The van der Waals surface area contributed by atoms with E-state index in [0.29, 0.717) is 0 Å². The van der Waals surface area contributed by atoms with Gasteiger partial charge < -0.3 is 4.57 Å². The predicted octanol–water partition coefficient (Wildman–Crippen LogP) is 4.88. The molecule has 5 heteroatoms. The molecule has 1 saturated carbocycles. The molecule has 118 valence electrons. The Kier molecular flexibility index (Phi) is 5.42. The molecule has 1 aromatic heterocycles. The zero-order valence-corrected chi connectivity index (χ0v) is 14.5. The van der Waals surface area contributed by atoms with Crippen LogP contribution in [0.1, 0.15) is 43.5 Å². The standard InChI is InChI=1S/C17H22ClN3S/c1-21-16(11-13-5-3-2-4-6-13)19-20-17(21)22-12-14-7-9-15(18)10-8-14/h7-10,13H,2-6,11-12H2,1H3. The minimum absolute atomic E-state index is 0.780. The normalized spacial score (nSPS) is 16.1. The van der Waals surface area contributed by atoms with Crippen LogP contribution in [0.4, 0.5) is 0 Å². The van der Waals surface area contributed by atoms with Crippen molar-refractivity contribution in [1.29, 1.82) is 0 Å². The number of benzene rings is 1. The fourth-order valence-corrected chi connectivity index (χ4v) is 4.04. The first-order chi connectivity index (χ1) is 10.7. The highest BCUT2D eigenvalue weighted by molar-refractivity contribution is 7.98. The number of rotatable bonds is 5. The Hall–Kier alpha value is -1.00. The summed E-state index contributed by atoms with van der Waals surface area (Å²) < 4.78 is 2.16. The molecule has 0 unspecified atom stereocenters. The van der Waals surface area contributed by atoms with Gasteiger partial charge in [-0.25, -0.2) is 0 Å². The molecular formula is C17H22ClN3S. The molecule has 2 aromatic rings. The van der Waals surface area contributed by atoms with Gasteiger partial charge in [-0.05, 0) is 23.6 Å². The molecule has 0 atom stereocenters.